The van der Waals surface area contributed by atoms with Gasteiger partial charge in [-0.15, -0.1) is 0 Å². The molecule has 7 nitrogen and oxygen atoms in total. The fourth-order valence-corrected chi connectivity index (χ4v) is 5.31. The number of carbonyl (C=O) groups is 1. The first-order chi connectivity index (χ1) is 15.0. The number of hydrogen-bond donors (Lipinski definition) is 0. The van der Waals surface area contributed by atoms with Crippen molar-refractivity contribution in [2.45, 2.75) is 43.6 Å². The molecule has 2 aromatic heterocycles. The van der Waals surface area contributed by atoms with Gasteiger partial charge in [-0.2, -0.15) is 5.10 Å². The van der Waals surface area contributed by atoms with Crippen LogP contribution >= 0.6 is 0 Å². The number of nitrogens with zero attached hydrogens (tertiary/aromatic N) is 5. The minimum Gasteiger partial charge on any atom is -0.355 e. The molecule has 3 fully saturated rings. The van der Waals surface area contributed by atoms with E-state index in [2.05, 4.69) is 15.0 Å². The van der Waals surface area contributed by atoms with E-state index in [-0.39, 0.29) is 18.2 Å². The van der Waals surface area contributed by atoms with Crippen molar-refractivity contribution in [3.8, 4) is 0 Å². The van der Waals surface area contributed by atoms with Crippen LogP contribution in [0, 0.1) is 11.6 Å². The van der Waals surface area contributed by atoms with E-state index in [0.717, 1.165) is 17.4 Å². The van der Waals surface area contributed by atoms with Crippen LogP contribution in [0.2, 0.25) is 0 Å². The Morgan fingerprint density at radius 2 is 1.84 bits per heavy atom. The molecule has 0 radical (unpaired) electrons. The highest BCUT2D eigenvalue weighted by molar-refractivity contribution is 5.88. The third-order valence-corrected chi connectivity index (χ3v) is 6.76. The van der Waals surface area contributed by atoms with Crippen LogP contribution in [-0.4, -0.2) is 50.3 Å². The summed E-state index contributed by atoms with van der Waals surface area (Å²) in [5.41, 5.74) is 0.533. The standard InChI is InChI=1S/C22H21F2N5O2/c23-15-11-14(12-16(24)13-15)17-1-2-19-29(17)21(30)22(31-19)4-8-27(9-5-22)20-18-3-6-26-28(18)10-7-25-20/h3,6-7,10-13,17,19H,1-2,4-5,8-9H2/t17-,19+/m0/s1. The summed E-state index contributed by atoms with van der Waals surface area (Å²) in [6.45, 7) is 1.26. The lowest BCUT2D eigenvalue weighted by Gasteiger charge is -2.38. The van der Waals surface area contributed by atoms with Crippen LogP contribution < -0.4 is 4.90 Å². The van der Waals surface area contributed by atoms with Gasteiger partial charge in [-0.1, -0.05) is 0 Å². The molecular weight excluding hydrogens is 404 g/mol. The van der Waals surface area contributed by atoms with Gasteiger partial charge in [-0.3, -0.25) is 4.79 Å². The summed E-state index contributed by atoms with van der Waals surface area (Å²) >= 11 is 0. The number of rotatable bonds is 2. The molecule has 3 aromatic rings. The predicted octanol–water partition coefficient (Wildman–Crippen LogP) is 3.07. The normalized spacial score (nSPS) is 25.0. The molecule has 0 bridgehead atoms. The molecular formula is C22H21F2N5O2. The number of fused-ring (bicyclic) bond motifs is 2. The maximum Gasteiger partial charge on any atom is 0.257 e. The van der Waals surface area contributed by atoms with Crippen molar-refractivity contribution in [2.24, 2.45) is 0 Å². The summed E-state index contributed by atoms with van der Waals surface area (Å²) in [6, 6.07) is 5.04. The second kappa shape index (κ2) is 6.71. The van der Waals surface area contributed by atoms with E-state index in [4.69, 9.17) is 4.74 Å². The van der Waals surface area contributed by atoms with Gasteiger partial charge in [-0.05, 0) is 36.6 Å². The Kier molecular flexibility index (Phi) is 4.05. The third kappa shape index (κ3) is 2.83. The van der Waals surface area contributed by atoms with E-state index in [9.17, 15) is 13.6 Å². The molecule has 2 atom stereocenters. The van der Waals surface area contributed by atoms with Crippen LogP contribution in [0.5, 0.6) is 0 Å². The maximum atomic E-state index is 13.8. The van der Waals surface area contributed by atoms with E-state index in [0.29, 0.717) is 44.3 Å². The van der Waals surface area contributed by atoms with Crippen molar-refractivity contribution in [1.29, 1.82) is 0 Å². The number of benzene rings is 1. The highest BCUT2D eigenvalue weighted by Gasteiger charge is 2.58. The van der Waals surface area contributed by atoms with Gasteiger partial charge in [0.25, 0.3) is 5.91 Å². The Morgan fingerprint density at radius 1 is 1.06 bits per heavy atom. The van der Waals surface area contributed by atoms with Gasteiger partial charge in [0.15, 0.2) is 11.4 Å². The Labute approximate surface area is 177 Å². The maximum absolute atomic E-state index is 13.8. The number of aromatic nitrogens is 3. The topological polar surface area (TPSA) is 63.0 Å². The number of hydrogen-bond acceptors (Lipinski definition) is 5. The molecule has 0 unspecified atom stereocenters. The summed E-state index contributed by atoms with van der Waals surface area (Å²) < 4.78 is 35.6. The zero-order valence-corrected chi connectivity index (χ0v) is 16.7. The van der Waals surface area contributed by atoms with Gasteiger partial charge in [0.1, 0.15) is 23.4 Å². The first-order valence-electron chi connectivity index (χ1n) is 10.5. The summed E-state index contributed by atoms with van der Waals surface area (Å²) in [5.74, 6) is -0.486. The minimum atomic E-state index is -0.878. The molecule has 0 N–H and O–H groups in total. The van der Waals surface area contributed by atoms with Gasteiger partial charge in [-0.25, -0.2) is 18.3 Å². The Hall–Kier alpha value is -3.07. The quantitative estimate of drug-likeness (QED) is 0.632. The summed E-state index contributed by atoms with van der Waals surface area (Å²) in [7, 11) is 0. The molecule has 9 heteroatoms. The lowest BCUT2D eigenvalue weighted by atomic mass is 9.89. The largest absolute Gasteiger partial charge is 0.355 e. The number of ether oxygens (including phenoxy) is 1. The lowest BCUT2D eigenvalue weighted by molar-refractivity contribution is -0.140. The molecule has 6 rings (SSSR count). The van der Waals surface area contributed by atoms with Gasteiger partial charge in [0, 0.05) is 44.4 Å². The van der Waals surface area contributed by atoms with Gasteiger partial charge in [0.2, 0.25) is 0 Å². The van der Waals surface area contributed by atoms with Crippen molar-refractivity contribution in [2.75, 3.05) is 18.0 Å². The van der Waals surface area contributed by atoms with E-state index in [1.54, 1.807) is 28.0 Å². The molecule has 1 spiro atoms. The van der Waals surface area contributed by atoms with E-state index in [1.165, 1.54) is 12.1 Å². The molecule has 3 aliphatic rings. The van der Waals surface area contributed by atoms with Crippen LogP contribution in [0.1, 0.15) is 37.3 Å². The SMILES string of the molecule is O=C1N2[C@@H](CC[C@H]2c2cc(F)cc(F)c2)OC12CCN(c1nccn3nccc13)CC2. The second-order valence-corrected chi connectivity index (χ2v) is 8.47. The van der Waals surface area contributed by atoms with Crippen molar-refractivity contribution in [3.05, 3.63) is 60.1 Å². The molecule has 0 saturated carbocycles. The molecule has 1 aromatic carbocycles. The number of anilines is 1. The average molecular weight is 425 g/mol. The van der Waals surface area contributed by atoms with Crippen LogP contribution in [-0.2, 0) is 9.53 Å². The summed E-state index contributed by atoms with van der Waals surface area (Å²) in [5, 5.41) is 4.26. The minimum absolute atomic E-state index is 0.0696. The highest BCUT2D eigenvalue weighted by atomic mass is 19.1. The fraction of sp³-hybridized carbons (Fsp3) is 0.409. The fourth-order valence-electron chi connectivity index (χ4n) is 5.31. The Morgan fingerprint density at radius 3 is 2.61 bits per heavy atom. The smallest absolute Gasteiger partial charge is 0.257 e. The summed E-state index contributed by atoms with van der Waals surface area (Å²) in [4.78, 5) is 21.9. The van der Waals surface area contributed by atoms with Crippen LogP contribution in [0.15, 0.2) is 42.9 Å². The number of piperidine rings is 1. The predicted molar refractivity (Wildman–Crippen MR) is 107 cm³/mol. The van der Waals surface area contributed by atoms with Gasteiger partial charge in [0.05, 0.1) is 12.2 Å². The Balaban J connectivity index is 1.24. The number of carbonyl (C=O) groups excluding carboxylic acids is 1. The number of amides is 1. The zero-order valence-electron chi connectivity index (χ0n) is 16.7. The molecule has 3 aliphatic heterocycles. The van der Waals surface area contributed by atoms with Crippen molar-refractivity contribution < 1.29 is 18.3 Å². The first-order valence-corrected chi connectivity index (χ1v) is 10.5. The van der Waals surface area contributed by atoms with E-state index < -0.39 is 17.2 Å². The lowest BCUT2D eigenvalue weighted by Crippen LogP contribution is -2.50. The molecule has 3 saturated heterocycles. The van der Waals surface area contributed by atoms with Crippen molar-refractivity contribution >= 4 is 17.2 Å². The van der Waals surface area contributed by atoms with E-state index >= 15 is 0 Å². The Bertz CT molecular complexity index is 1150. The van der Waals surface area contributed by atoms with Crippen LogP contribution in [0.4, 0.5) is 14.6 Å². The number of halogens is 2. The van der Waals surface area contributed by atoms with Crippen molar-refractivity contribution in [1.82, 2.24) is 19.5 Å². The molecule has 31 heavy (non-hydrogen) atoms. The monoisotopic (exact) mass is 425 g/mol. The zero-order chi connectivity index (χ0) is 21.2. The summed E-state index contributed by atoms with van der Waals surface area (Å²) in [6.07, 6.45) is 7.30. The van der Waals surface area contributed by atoms with Gasteiger partial charge < -0.3 is 14.5 Å². The van der Waals surface area contributed by atoms with Crippen LogP contribution in [0.3, 0.4) is 0 Å². The molecule has 1 amide bonds. The highest BCUT2D eigenvalue weighted by Crippen LogP contribution is 2.48. The second-order valence-electron chi connectivity index (χ2n) is 8.47. The molecule has 5 heterocycles. The van der Waals surface area contributed by atoms with E-state index in [1.807, 2.05) is 6.07 Å². The van der Waals surface area contributed by atoms with Crippen molar-refractivity contribution in [3.63, 3.8) is 0 Å². The third-order valence-electron chi connectivity index (χ3n) is 6.76. The first kappa shape index (κ1) is 18.7. The molecule has 160 valence electrons. The average Bonchev–Trinajstić information content (AvgIpc) is 3.45. The van der Waals surface area contributed by atoms with Gasteiger partial charge >= 0.3 is 0 Å². The molecule has 0 aliphatic carbocycles. The van der Waals surface area contributed by atoms with Crippen LogP contribution in [0.25, 0.3) is 5.52 Å².